The minimum atomic E-state index is 0.108. The molecule has 2 heteroatoms. The number of rotatable bonds is 7. The van der Waals surface area contributed by atoms with Gasteiger partial charge in [-0.1, -0.05) is 38.2 Å². The molecule has 1 atom stereocenters. The molecular formula is C15H24O2. The predicted octanol–water partition coefficient (Wildman–Crippen LogP) is 3.61. The van der Waals surface area contributed by atoms with E-state index < -0.39 is 0 Å². The number of hydrogen-bond donors (Lipinski definition) is 1. The standard InChI is InChI=1S/C15H24O2/c1-5-6-10-15(17-4)11-13(2)8-7-9-14(3)12-16/h6-11,13,16H,5,12H2,1-4H3/b8-7+,10-6-,14-9+,15-11+. The lowest BCUT2D eigenvalue weighted by Gasteiger charge is -2.03. The Labute approximate surface area is 105 Å². The van der Waals surface area contributed by atoms with Gasteiger partial charge in [0.15, 0.2) is 0 Å². The van der Waals surface area contributed by atoms with Gasteiger partial charge in [-0.3, -0.25) is 0 Å². The Bertz CT molecular complexity index is 309. The lowest BCUT2D eigenvalue weighted by atomic mass is 10.1. The molecule has 0 aliphatic carbocycles. The third kappa shape index (κ3) is 8.52. The zero-order chi connectivity index (χ0) is 13.1. The summed E-state index contributed by atoms with van der Waals surface area (Å²) in [5.41, 5.74) is 0.954. The van der Waals surface area contributed by atoms with Crippen molar-refractivity contribution in [3.63, 3.8) is 0 Å². The van der Waals surface area contributed by atoms with Crippen LogP contribution in [0.5, 0.6) is 0 Å². The molecule has 96 valence electrons. The van der Waals surface area contributed by atoms with Gasteiger partial charge in [-0.15, -0.1) is 0 Å². The number of aliphatic hydroxyl groups is 1. The molecule has 0 saturated carbocycles. The molecule has 0 saturated heterocycles. The molecule has 0 aromatic carbocycles. The first-order chi connectivity index (χ1) is 8.13. The first-order valence-corrected chi connectivity index (χ1v) is 6.01. The maximum absolute atomic E-state index is 8.84. The van der Waals surface area contributed by atoms with Crippen molar-refractivity contribution >= 4 is 0 Å². The fourth-order valence-electron chi connectivity index (χ4n) is 1.19. The topological polar surface area (TPSA) is 29.5 Å². The highest BCUT2D eigenvalue weighted by Gasteiger charge is 1.94. The molecule has 0 rings (SSSR count). The van der Waals surface area contributed by atoms with E-state index in [2.05, 4.69) is 32.1 Å². The van der Waals surface area contributed by atoms with Crippen LogP contribution in [0.2, 0.25) is 0 Å². The molecule has 0 heterocycles. The predicted molar refractivity (Wildman–Crippen MR) is 73.7 cm³/mol. The number of aliphatic hydroxyl groups excluding tert-OH is 1. The maximum Gasteiger partial charge on any atom is 0.115 e. The second-order valence-corrected chi connectivity index (χ2v) is 4.00. The Balaban J connectivity index is 4.44. The zero-order valence-electron chi connectivity index (χ0n) is 11.3. The van der Waals surface area contributed by atoms with Crippen molar-refractivity contribution in [3.05, 3.63) is 47.8 Å². The van der Waals surface area contributed by atoms with Gasteiger partial charge >= 0.3 is 0 Å². The van der Waals surface area contributed by atoms with Crippen LogP contribution in [0, 0.1) is 5.92 Å². The Hall–Kier alpha value is -1.28. The van der Waals surface area contributed by atoms with Crippen LogP contribution in [0.3, 0.4) is 0 Å². The zero-order valence-corrected chi connectivity index (χ0v) is 11.3. The molecule has 0 spiro atoms. The fourth-order valence-corrected chi connectivity index (χ4v) is 1.19. The minimum absolute atomic E-state index is 0.108. The van der Waals surface area contributed by atoms with Gasteiger partial charge in [-0.25, -0.2) is 0 Å². The number of allylic oxidation sites excluding steroid dienone is 6. The summed E-state index contributed by atoms with van der Waals surface area (Å²) in [6.45, 7) is 6.19. The summed E-state index contributed by atoms with van der Waals surface area (Å²) in [5.74, 6) is 1.18. The van der Waals surface area contributed by atoms with E-state index in [1.807, 2.05) is 25.2 Å². The number of hydrogen-bond acceptors (Lipinski definition) is 2. The first-order valence-electron chi connectivity index (χ1n) is 6.01. The molecule has 0 aromatic heterocycles. The highest BCUT2D eigenvalue weighted by atomic mass is 16.5. The average molecular weight is 236 g/mol. The van der Waals surface area contributed by atoms with E-state index in [1.54, 1.807) is 7.11 Å². The quantitative estimate of drug-likeness (QED) is 0.540. The Morgan fingerprint density at radius 3 is 2.65 bits per heavy atom. The van der Waals surface area contributed by atoms with E-state index in [9.17, 15) is 0 Å². The third-order valence-electron chi connectivity index (χ3n) is 2.23. The molecule has 17 heavy (non-hydrogen) atoms. The summed E-state index contributed by atoms with van der Waals surface area (Å²) in [6, 6.07) is 0. The second-order valence-electron chi connectivity index (χ2n) is 4.00. The molecule has 0 fully saturated rings. The largest absolute Gasteiger partial charge is 0.497 e. The van der Waals surface area contributed by atoms with Crippen molar-refractivity contribution in [3.8, 4) is 0 Å². The second kappa shape index (κ2) is 9.91. The van der Waals surface area contributed by atoms with Crippen LogP contribution < -0.4 is 0 Å². The molecular weight excluding hydrogens is 212 g/mol. The summed E-state index contributed by atoms with van der Waals surface area (Å²) >= 11 is 0. The highest BCUT2D eigenvalue weighted by molar-refractivity contribution is 5.17. The molecule has 1 unspecified atom stereocenters. The van der Waals surface area contributed by atoms with Gasteiger partial charge in [0.2, 0.25) is 0 Å². The molecule has 0 radical (unpaired) electrons. The minimum Gasteiger partial charge on any atom is -0.497 e. The Morgan fingerprint density at radius 2 is 2.12 bits per heavy atom. The van der Waals surface area contributed by atoms with Crippen LogP contribution in [0.4, 0.5) is 0 Å². The smallest absolute Gasteiger partial charge is 0.115 e. The Morgan fingerprint density at radius 1 is 1.41 bits per heavy atom. The van der Waals surface area contributed by atoms with Crippen molar-refractivity contribution in [2.24, 2.45) is 5.92 Å². The van der Waals surface area contributed by atoms with Gasteiger partial charge in [-0.05, 0) is 37.0 Å². The van der Waals surface area contributed by atoms with Crippen molar-refractivity contribution in [2.75, 3.05) is 13.7 Å². The summed E-state index contributed by atoms with van der Waals surface area (Å²) in [4.78, 5) is 0. The average Bonchev–Trinajstić information content (AvgIpc) is 2.34. The summed E-state index contributed by atoms with van der Waals surface area (Å²) in [7, 11) is 1.68. The van der Waals surface area contributed by atoms with Crippen molar-refractivity contribution < 1.29 is 9.84 Å². The van der Waals surface area contributed by atoms with Gasteiger partial charge in [0, 0.05) is 0 Å². The van der Waals surface area contributed by atoms with E-state index in [4.69, 9.17) is 9.84 Å². The summed E-state index contributed by atoms with van der Waals surface area (Å²) in [6.07, 6.45) is 13.1. The van der Waals surface area contributed by atoms with Crippen molar-refractivity contribution in [2.45, 2.75) is 27.2 Å². The molecule has 0 aromatic rings. The molecule has 0 amide bonds. The Kier molecular flexibility index (Phi) is 9.17. The monoisotopic (exact) mass is 236 g/mol. The van der Waals surface area contributed by atoms with Crippen LogP contribution in [0.15, 0.2) is 47.8 Å². The number of methoxy groups -OCH3 is 1. The van der Waals surface area contributed by atoms with E-state index in [1.165, 1.54) is 0 Å². The van der Waals surface area contributed by atoms with E-state index in [-0.39, 0.29) is 6.61 Å². The fraction of sp³-hybridized carbons (Fsp3) is 0.467. The first kappa shape index (κ1) is 15.7. The SMILES string of the molecule is CC/C=C\C(=C/C(C)/C=C/C=C(\C)CO)OC. The van der Waals surface area contributed by atoms with Crippen LogP contribution in [0.25, 0.3) is 0 Å². The van der Waals surface area contributed by atoms with E-state index in [0.717, 1.165) is 17.8 Å². The number of ether oxygens (including phenoxy) is 1. The van der Waals surface area contributed by atoms with Crippen LogP contribution in [-0.2, 0) is 4.74 Å². The van der Waals surface area contributed by atoms with Gasteiger partial charge in [0.25, 0.3) is 0 Å². The molecule has 2 nitrogen and oxygen atoms in total. The van der Waals surface area contributed by atoms with Crippen LogP contribution >= 0.6 is 0 Å². The summed E-state index contributed by atoms with van der Waals surface area (Å²) in [5, 5.41) is 8.84. The van der Waals surface area contributed by atoms with Crippen LogP contribution in [-0.4, -0.2) is 18.8 Å². The van der Waals surface area contributed by atoms with E-state index in [0.29, 0.717) is 5.92 Å². The van der Waals surface area contributed by atoms with Gasteiger partial charge in [0.1, 0.15) is 5.76 Å². The molecule has 1 N–H and O–H groups in total. The maximum atomic E-state index is 8.84. The lowest BCUT2D eigenvalue weighted by Crippen LogP contribution is -1.89. The van der Waals surface area contributed by atoms with Crippen molar-refractivity contribution in [1.82, 2.24) is 0 Å². The molecule has 0 aliphatic heterocycles. The third-order valence-corrected chi connectivity index (χ3v) is 2.23. The summed E-state index contributed by atoms with van der Waals surface area (Å²) < 4.78 is 5.26. The van der Waals surface area contributed by atoms with Crippen molar-refractivity contribution in [1.29, 1.82) is 0 Å². The molecule has 0 aliphatic rings. The van der Waals surface area contributed by atoms with Crippen LogP contribution in [0.1, 0.15) is 27.2 Å². The normalized spacial score (nSPS) is 15.8. The molecule has 0 bridgehead atoms. The van der Waals surface area contributed by atoms with Gasteiger partial charge in [0.05, 0.1) is 13.7 Å². The van der Waals surface area contributed by atoms with E-state index >= 15 is 0 Å². The highest BCUT2D eigenvalue weighted by Crippen LogP contribution is 2.08. The lowest BCUT2D eigenvalue weighted by molar-refractivity contribution is 0.304. The van der Waals surface area contributed by atoms with Gasteiger partial charge < -0.3 is 9.84 Å². The van der Waals surface area contributed by atoms with Gasteiger partial charge in [-0.2, -0.15) is 0 Å².